The molecule has 0 aromatic heterocycles. The Morgan fingerprint density at radius 3 is 1.29 bits per heavy atom. The van der Waals surface area contributed by atoms with Crippen molar-refractivity contribution in [1.82, 2.24) is 4.14 Å². The molecule has 0 aliphatic heterocycles. The summed E-state index contributed by atoms with van der Waals surface area (Å²) in [5, 5.41) is 0. The first-order valence-corrected chi connectivity index (χ1v) is 38.8. The Hall–Kier alpha value is -1.72. The topological polar surface area (TPSA) is 3.24 Å². The van der Waals surface area contributed by atoms with Gasteiger partial charge < -0.3 is 0 Å². The van der Waals surface area contributed by atoms with Crippen molar-refractivity contribution in [2.45, 2.75) is 127 Å². The maximum atomic E-state index is 9.22. The summed E-state index contributed by atoms with van der Waals surface area (Å²) in [7, 11) is 14.7. The second-order valence-corrected chi connectivity index (χ2v) is 51.1. The number of halogens is 2. The fourth-order valence-electron chi connectivity index (χ4n) is 10.2. The quantitative estimate of drug-likeness (QED) is 0.114. The van der Waals surface area contributed by atoms with Crippen LogP contribution < -0.4 is 0 Å². The molecule has 0 saturated carbocycles. The first kappa shape index (κ1) is 42.9. The van der Waals surface area contributed by atoms with Crippen LogP contribution in [0.25, 0.3) is 34.4 Å². The summed E-state index contributed by atoms with van der Waals surface area (Å²) < 4.78 is 3.01. The second-order valence-electron chi connectivity index (χ2n) is 18.9. The molecule has 0 N–H and O–H groups in total. The van der Waals surface area contributed by atoms with Crippen LogP contribution in [-0.4, -0.2) is 25.6 Å². The fraction of sp³-hybridized carbons (Fsp3) is 0.417. The molecule has 1 nitrogen and oxygen atoms in total. The van der Waals surface area contributed by atoms with Gasteiger partial charge in [-0.2, -0.15) is 0 Å². The molecular formula is C48H65BCl2NSi2Zr. The van der Waals surface area contributed by atoms with Gasteiger partial charge in [-0.05, 0) is 0 Å². The van der Waals surface area contributed by atoms with Gasteiger partial charge in [-0.15, -0.1) is 0 Å². The van der Waals surface area contributed by atoms with E-state index in [2.05, 4.69) is 170 Å². The first-order valence-electron chi connectivity index (χ1n) is 21.0. The van der Waals surface area contributed by atoms with Crippen LogP contribution in [0.15, 0.2) is 83.9 Å². The molecule has 0 radical (unpaired) electrons. The zero-order valence-corrected chi connectivity index (χ0v) is 41.9. The molecule has 2 aliphatic rings. The third kappa shape index (κ3) is 8.03. The zero-order chi connectivity index (χ0) is 40.1. The molecule has 0 heterocycles. The monoisotopic (exact) mass is 882 g/mol. The number of rotatable bonds is 14. The molecular weight excluding hydrogens is 820 g/mol. The maximum absolute atomic E-state index is 9.22. The molecule has 0 spiro atoms. The average Bonchev–Trinajstić information content (AvgIpc) is 3.70. The van der Waals surface area contributed by atoms with Gasteiger partial charge in [0.05, 0.1) is 0 Å². The van der Waals surface area contributed by atoms with Gasteiger partial charge >= 0.3 is 348 Å². The summed E-state index contributed by atoms with van der Waals surface area (Å²) in [5.74, 6) is 0. The number of hydrogen-bond donors (Lipinski definition) is 0. The Labute approximate surface area is 345 Å². The third-order valence-corrected chi connectivity index (χ3v) is 40.1. The summed E-state index contributed by atoms with van der Waals surface area (Å²) >= 11 is -5.31. The van der Waals surface area contributed by atoms with Crippen molar-refractivity contribution in [3.63, 3.8) is 0 Å². The summed E-state index contributed by atoms with van der Waals surface area (Å²) in [6, 6.07) is 27.6. The van der Waals surface area contributed by atoms with Crippen LogP contribution in [0.5, 0.6) is 0 Å². The van der Waals surface area contributed by atoms with Crippen LogP contribution in [-0.2, 0) is 16.2 Å². The van der Waals surface area contributed by atoms with Gasteiger partial charge in [-0.3, -0.25) is 0 Å². The van der Waals surface area contributed by atoms with Crippen molar-refractivity contribution < 1.29 is 16.2 Å². The molecule has 55 heavy (non-hydrogen) atoms. The Bertz CT molecular complexity index is 2010. The van der Waals surface area contributed by atoms with Gasteiger partial charge in [-0.1, -0.05) is 0 Å². The van der Waals surface area contributed by atoms with Crippen LogP contribution in [0.3, 0.4) is 0 Å². The molecule has 291 valence electrons. The van der Waals surface area contributed by atoms with Gasteiger partial charge in [0.1, 0.15) is 0 Å². The van der Waals surface area contributed by atoms with Gasteiger partial charge in [0.2, 0.25) is 0 Å². The predicted octanol–water partition coefficient (Wildman–Crippen LogP) is 15.4. The minimum atomic E-state index is -5.31. The molecule has 7 heteroatoms. The molecule has 2 unspecified atom stereocenters. The molecule has 6 rings (SSSR count). The van der Waals surface area contributed by atoms with E-state index in [0.717, 1.165) is 43.5 Å². The van der Waals surface area contributed by atoms with Crippen molar-refractivity contribution in [2.24, 2.45) is 0 Å². The van der Waals surface area contributed by atoms with Gasteiger partial charge in [0, 0.05) is 0 Å². The van der Waals surface area contributed by atoms with E-state index >= 15 is 0 Å². The minimum absolute atomic E-state index is 0.0249. The number of fused-ring (bicyclic) bond motifs is 2. The van der Waals surface area contributed by atoms with E-state index in [0.29, 0.717) is 0 Å². The van der Waals surface area contributed by atoms with Crippen molar-refractivity contribution in [3.8, 4) is 22.3 Å². The number of nitrogens with zero attached hydrogens (tertiary/aromatic N) is 1. The van der Waals surface area contributed by atoms with Crippen LogP contribution in [0.2, 0.25) is 39.3 Å². The van der Waals surface area contributed by atoms with Gasteiger partial charge in [-0.25, -0.2) is 0 Å². The van der Waals surface area contributed by atoms with E-state index in [4.69, 9.17) is 0 Å². The Balaban J connectivity index is 1.70. The molecule has 0 amide bonds. The number of benzene rings is 4. The van der Waals surface area contributed by atoms with Crippen molar-refractivity contribution in [2.75, 3.05) is 0 Å². The van der Waals surface area contributed by atoms with Crippen molar-refractivity contribution >= 4 is 50.6 Å². The molecule has 2 atom stereocenters. The third-order valence-electron chi connectivity index (χ3n) is 13.0. The normalized spacial score (nSPS) is 17.8. The van der Waals surface area contributed by atoms with Crippen LogP contribution in [0.1, 0.15) is 104 Å². The molecule has 0 saturated heterocycles. The Kier molecular flexibility index (Phi) is 12.6. The molecule has 4 aromatic rings. The fourth-order valence-corrected chi connectivity index (χ4v) is 52.5. The van der Waals surface area contributed by atoms with Gasteiger partial charge in [0.15, 0.2) is 0 Å². The summed E-state index contributed by atoms with van der Waals surface area (Å²) in [6.07, 6.45) is 11.7. The molecule has 2 aliphatic carbocycles. The second kappa shape index (κ2) is 16.1. The Morgan fingerprint density at radius 1 is 0.564 bits per heavy atom. The number of allylic oxidation sites excluding steroid dienone is 2. The Morgan fingerprint density at radius 2 is 0.927 bits per heavy atom. The number of aryl methyl sites for hydroxylation is 2. The number of hydrogen-bond acceptors (Lipinski definition) is 1. The SMILES string of the molecule is CCCCC1=Cc2c(-c3cccc(C)c3C)cccc2[CH]1[Zr]([Cl])([Cl])([BH]N([Si](C)(C)C)[Si](C)(C)C)[CH]1C(CCCC)=Cc2c(-c3cccc(C)c3C)cccc21. The van der Waals surface area contributed by atoms with Crippen molar-refractivity contribution in [3.05, 3.63) is 128 Å². The standard InChI is InChI=1S/2C21H23.C6H19BNSi2.2ClH.Zr/c2*1-4-5-9-17-13-18-10-7-12-20(21(18)14-17)19-11-6-8-15(2)16(19)3;1-9(2,3)8(7)10(4,5)6;;;/h2*6-8,10-14H,4-5,9H2,1-3H3;7H,1-6H3;2*1H;/q;;+1;;;+1/p-2. The van der Waals surface area contributed by atoms with Gasteiger partial charge in [0.25, 0.3) is 0 Å². The zero-order valence-electron chi connectivity index (χ0n) is 35.9. The summed E-state index contributed by atoms with van der Waals surface area (Å²) in [4.78, 5) is 0.832. The van der Waals surface area contributed by atoms with E-state index in [1.54, 1.807) is 0 Å². The van der Waals surface area contributed by atoms with E-state index in [1.165, 1.54) is 77.9 Å². The predicted molar refractivity (Wildman–Crippen MR) is 251 cm³/mol. The van der Waals surface area contributed by atoms with Crippen molar-refractivity contribution in [1.29, 1.82) is 0 Å². The summed E-state index contributed by atoms with van der Waals surface area (Å²) in [5.41, 5.74) is 19.0. The molecule has 0 bridgehead atoms. The van der Waals surface area contributed by atoms with E-state index in [9.17, 15) is 17.0 Å². The van der Waals surface area contributed by atoms with Crippen LogP contribution in [0.4, 0.5) is 0 Å². The van der Waals surface area contributed by atoms with E-state index in [1.807, 2.05) is 0 Å². The van der Waals surface area contributed by atoms with E-state index in [-0.39, 0.29) is 7.25 Å². The number of unbranched alkanes of at least 4 members (excludes halogenated alkanes) is 2. The van der Waals surface area contributed by atoms with E-state index < -0.39 is 32.6 Å². The van der Waals surface area contributed by atoms with Crippen LogP contribution >= 0.6 is 17.0 Å². The summed E-state index contributed by atoms with van der Waals surface area (Å²) in [6.45, 7) is 28.8. The average molecular weight is 885 g/mol. The molecule has 0 fully saturated rings. The molecule has 4 aromatic carbocycles. The first-order chi connectivity index (χ1) is 25.8. The van der Waals surface area contributed by atoms with Crippen LogP contribution in [0, 0.1) is 27.7 Å².